The van der Waals surface area contributed by atoms with E-state index in [1.54, 1.807) is 14.2 Å². The number of methoxy groups -OCH3 is 2. The minimum Gasteiger partial charge on any atom is -0.378 e. The van der Waals surface area contributed by atoms with Crippen LogP contribution >= 0.6 is 22.6 Å². The first-order chi connectivity index (χ1) is 9.35. The minimum atomic E-state index is -0.160. The van der Waals surface area contributed by atoms with E-state index in [-0.39, 0.29) is 11.5 Å². The van der Waals surface area contributed by atoms with E-state index in [1.165, 1.54) is 0 Å². The molecular formula is C14H24IN3O2. The van der Waals surface area contributed by atoms with E-state index in [0.717, 1.165) is 21.6 Å². The maximum absolute atomic E-state index is 5.61. The summed E-state index contributed by atoms with van der Waals surface area (Å²) >= 11 is 2.25. The number of halogens is 1. The van der Waals surface area contributed by atoms with Crippen molar-refractivity contribution in [2.24, 2.45) is 5.41 Å². The Bertz CT molecular complexity index is 420. The van der Waals surface area contributed by atoms with Crippen LogP contribution in [0.4, 0.5) is 5.82 Å². The van der Waals surface area contributed by atoms with Gasteiger partial charge in [0.25, 0.3) is 0 Å². The molecule has 1 atom stereocenters. The Morgan fingerprint density at radius 1 is 1.25 bits per heavy atom. The highest BCUT2D eigenvalue weighted by Gasteiger charge is 2.30. The lowest BCUT2D eigenvalue weighted by Gasteiger charge is -2.28. The van der Waals surface area contributed by atoms with Crippen molar-refractivity contribution in [1.29, 1.82) is 0 Å². The predicted octanol–water partition coefficient (Wildman–Crippen LogP) is 3.39. The van der Waals surface area contributed by atoms with Crippen molar-refractivity contribution in [3.8, 4) is 0 Å². The molecule has 0 aliphatic heterocycles. The summed E-state index contributed by atoms with van der Waals surface area (Å²) in [5, 5.41) is 3.28. The van der Waals surface area contributed by atoms with Crippen molar-refractivity contribution in [1.82, 2.24) is 9.97 Å². The molecule has 0 bridgehead atoms. The first-order valence-electron chi connectivity index (χ1n) is 6.67. The molecule has 114 valence electrons. The lowest BCUT2D eigenvalue weighted by atomic mass is 9.88. The molecule has 0 saturated heterocycles. The Balaban J connectivity index is 3.31. The third-order valence-corrected chi connectivity index (χ3v) is 3.95. The van der Waals surface area contributed by atoms with Crippen LogP contribution in [0.25, 0.3) is 0 Å². The van der Waals surface area contributed by atoms with Crippen LogP contribution in [-0.2, 0) is 16.1 Å². The van der Waals surface area contributed by atoms with Crippen molar-refractivity contribution >= 4 is 28.4 Å². The van der Waals surface area contributed by atoms with Crippen LogP contribution < -0.4 is 5.32 Å². The number of nitrogens with zero attached hydrogens (tertiary/aromatic N) is 2. The van der Waals surface area contributed by atoms with E-state index in [2.05, 4.69) is 58.6 Å². The van der Waals surface area contributed by atoms with Crippen LogP contribution in [0.3, 0.4) is 0 Å². The fraction of sp³-hybridized carbons (Fsp3) is 0.714. The zero-order chi connectivity index (χ0) is 15.3. The highest BCUT2D eigenvalue weighted by Crippen LogP contribution is 2.35. The van der Waals surface area contributed by atoms with Crippen molar-refractivity contribution in [2.75, 3.05) is 26.1 Å². The van der Waals surface area contributed by atoms with Gasteiger partial charge in [-0.05, 0) is 34.9 Å². The summed E-state index contributed by atoms with van der Waals surface area (Å²) in [6.07, 6.45) is -0.160. The lowest BCUT2D eigenvalue weighted by Crippen LogP contribution is -2.24. The molecule has 1 aromatic heterocycles. The smallest absolute Gasteiger partial charge is 0.160 e. The third kappa shape index (κ3) is 4.26. The summed E-state index contributed by atoms with van der Waals surface area (Å²) in [5.74, 6) is 1.54. The Labute approximate surface area is 135 Å². The van der Waals surface area contributed by atoms with E-state index in [9.17, 15) is 0 Å². The number of hydrogen-bond donors (Lipinski definition) is 1. The zero-order valence-corrected chi connectivity index (χ0v) is 15.2. The maximum atomic E-state index is 5.61. The molecule has 0 aliphatic carbocycles. The Morgan fingerprint density at radius 2 is 1.90 bits per heavy atom. The van der Waals surface area contributed by atoms with Gasteiger partial charge >= 0.3 is 0 Å². The van der Waals surface area contributed by atoms with Gasteiger partial charge in [-0.15, -0.1) is 0 Å². The molecule has 0 radical (unpaired) electrons. The fourth-order valence-corrected chi connectivity index (χ4v) is 2.58. The van der Waals surface area contributed by atoms with Gasteiger partial charge in [-0.1, -0.05) is 20.8 Å². The number of nitrogens with one attached hydrogen (secondary N) is 1. The van der Waals surface area contributed by atoms with Gasteiger partial charge in [0, 0.05) is 20.8 Å². The molecule has 20 heavy (non-hydrogen) atoms. The predicted molar refractivity (Wildman–Crippen MR) is 88.8 cm³/mol. The Hall–Kier alpha value is -0.470. The van der Waals surface area contributed by atoms with E-state index >= 15 is 0 Å². The van der Waals surface area contributed by atoms with Crippen molar-refractivity contribution in [3.05, 3.63) is 15.1 Å². The summed E-state index contributed by atoms with van der Waals surface area (Å²) in [5.41, 5.74) is 0.815. The highest BCUT2D eigenvalue weighted by molar-refractivity contribution is 14.1. The van der Waals surface area contributed by atoms with E-state index < -0.39 is 0 Å². The van der Waals surface area contributed by atoms with Gasteiger partial charge in [0.15, 0.2) is 5.82 Å². The number of hydrogen-bond acceptors (Lipinski definition) is 5. The molecule has 0 aliphatic rings. The molecule has 5 nitrogen and oxygen atoms in total. The molecule has 0 spiro atoms. The van der Waals surface area contributed by atoms with Gasteiger partial charge in [-0.2, -0.15) is 0 Å². The van der Waals surface area contributed by atoms with Gasteiger partial charge in [0.05, 0.1) is 15.9 Å². The minimum absolute atomic E-state index is 0.0740. The first kappa shape index (κ1) is 17.6. The lowest BCUT2D eigenvalue weighted by molar-refractivity contribution is 0.00832. The van der Waals surface area contributed by atoms with Crippen LogP contribution in [0.15, 0.2) is 0 Å². The van der Waals surface area contributed by atoms with E-state index in [4.69, 9.17) is 9.47 Å². The highest BCUT2D eigenvalue weighted by atomic mass is 127. The van der Waals surface area contributed by atoms with Gasteiger partial charge in [0.1, 0.15) is 11.9 Å². The average molecular weight is 393 g/mol. The zero-order valence-electron chi connectivity index (χ0n) is 13.1. The van der Waals surface area contributed by atoms with Crippen LogP contribution in [0, 0.1) is 8.99 Å². The van der Waals surface area contributed by atoms with Crippen molar-refractivity contribution in [2.45, 2.75) is 40.4 Å². The first-order valence-corrected chi connectivity index (χ1v) is 7.74. The third-order valence-electron chi connectivity index (χ3n) is 2.82. The number of anilines is 1. The van der Waals surface area contributed by atoms with Crippen LogP contribution in [0.1, 0.15) is 45.3 Å². The molecule has 1 aromatic rings. The maximum Gasteiger partial charge on any atom is 0.160 e. The molecule has 1 N–H and O–H groups in total. The second-order valence-corrected chi connectivity index (χ2v) is 6.71. The molecule has 1 heterocycles. The standard InChI is InChI=1S/C14H24IN3O2/c1-7-16-12-10(15)9(8-19-5)17-13(18-12)11(20-6)14(2,3)4/h11H,7-8H2,1-6H3,(H,16,17,18). The number of ether oxygens (including phenoxy) is 2. The quantitative estimate of drug-likeness (QED) is 0.751. The number of rotatable bonds is 6. The topological polar surface area (TPSA) is 56.3 Å². The Morgan fingerprint density at radius 3 is 2.35 bits per heavy atom. The normalized spacial score (nSPS) is 13.3. The molecule has 0 amide bonds. The SMILES string of the molecule is CCNc1nc(C(OC)C(C)(C)C)nc(COC)c1I. The van der Waals surface area contributed by atoms with Gasteiger partial charge in [0.2, 0.25) is 0 Å². The van der Waals surface area contributed by atoms with Gasteiger partial charge in [-0.25, -0.2) is 9.97 Å². The number of aromatic nitrogens is 2. The van der Waals surface area contributed by atoms with Crippen molar-refractivity contribution in [3.63, 3.8) is 0 Å². The monoisotopic (exact) mass is 393 g/mol. The molecule has 0 saturated carbocycles. The van der Waals surface area contributed by atoms with Crippen LogP contribution in [0.2, 0.25) is 0 Å². The van der Waals surface area contributed by atoms with Crippen LogP contribution in [0.5, 0.6) is 0 Å². The second-order valence-electron chi connectivity index (χ2n) is 5.64. The summed E-state index contributed by atoms with van der Waals surface area (Å²) in [7, 11) is 3.36. The molecular weight excluding hydrogens is 369 g/mol. The van der Waals surface area contributed by atoms with E-state index in [1.807, 2.05) is 6.92 Å². The van der Waals surface area contributed by atoms with Crippen molar-refractivity contribution < 1.29 is 9.47 Å². The summed E-state index contributed by atoms with van der Waals surface area (Å²) in [6, 6.07) is 0. The molecule has 0 aromatic carbocycles. The molecule has 0 fully saturated rings. The van der Waals surface area contributed by atoms with E-state index in [0.29, 0.717) is 12.4 Å². The summed E-state index contributed by atoms with van der Waals surface area (Å²) in [6.45, 7) is 9.67. The molecule has 6 heteroatoms. The van der Waals surface area contributed by atoms with Gasteiger partial charge in [-0.3, -0.25) is 0 Å². The van der Waals surface area contributed by atoms with Gasteiger partial charge < -0.3 is 14.8 Å². The largest absolute Gasteiger partial charge is 0.378 e. The fourth-order valence-electron chi connectivity index (χ4n) is 1.99. The average Bonchev–Trinajstić information content (AvgIpc) is 2.34. The molecule has 1 unspecified atom stereocenters. The molecule has 1 rings (SSSR count). The Kier molecular flexibility index (Phi) is 6.60. The van der Waals surface area contributed by atoms with Crippen LogP contribution in [-0.4, -0.2) is 30.7 Å². The summed E-state index contributed by atoms with van der Waals surface area (Å²) in [4.78, 5) is 9.27. The second kappa shape index (κ2) is 7.51. The summed E-state index contributed by atoms with van der Waals surface area (Å²) < 4.78 is 11.8.